The number of aromatic nitrogens is 1. The van der Waals surface area contributed by atoms with Crippen LogP contribution in [0.3, 0.4) is 0 Å². The lowest BCUT2D eigenvalue weighted by atomic mass is 10.1. The number of rotatable bonds is 3. The first kappa shape index (κ1) is 12.6. The minimum atomic E-state index is 0.236. The number of thiophene rings is 1. The Morgan fingerprint density at radius 2 is 2.00 bits per heavy atom. The molecule has 0 aliphatic carbocycles. The van der Waals surface area contributed by atoms with Gasteiger partial charge in [-0.05, 0) is 54.3 Å². The molecule has 0 aliphatic rings. The predicted octanol–water partition coefficient (Wildman–Crippen LogP) is 5.23. The fraction of sp³-hybridized carbons (Fsp3) is 0.133. The Labute approximate surface area is 124 Å². The average Bonchev–Trinajstić information content (AvgIpc) is 2.88. The van der Waals surface area contributed by atoms with Crippen molar-refractivity contribution in [1.82, 2.24) is 4.98 Å². The van der Waals surface area contributed by atoms with E-state index in [0.717, 1.165) is 15.7 Å². The molecule has 1 unspecified atom stereocenters. The first-order valence-corrected chi connectivity index (χ1v) is 7.75. The largest absolute Gasteiger partial charge is 0.378 e. The maximum Gasteiger partial charge on any atom is 0.0809 e. The van der Waals surface area contributed by atoms with E-state index in [9.17, 15) is 0 Å². The molecule has 2 heterocycles. The van der Waals surface area contributed by atoms with Crippen molar-refractivity contribution >= 4 is 43.2 Å². The summed E-state index contributed by atoms with van der Waals surface area (Å²) in [5.74, 6) is 0. The third-order valence-electron chi connectivity index (χ3n) is 3.05. The fourth-order valence-corrected chi connectivity index (χ4v) is 3.03. The van der Waals surface area contributed by atoms with E-state index >= 15 is 0 Å². The highest BCUT2D eigenvalue weighted by molar-refractivity contribution is 9.10. The molecule has 1 aromatic carbocycles. The summed E-state index contributed by atoms with van der Waals surface area (Å²) >= 11 is 5.17. The van der Waals surface area contributed by atoms with Crippen molar-refractivity contribution in [3.8, 4) is 0 Å². The van der Waals surface area contributed by atoms with Crippen LogP contribution in [0.1, 0.15) is 18.5 Å². The molecule has 3 aromatic rings. The van der Waals surface area contributed by atoms with Crippen LogP contribution in [-0.4, -0.2) is 4.98 Å². The zero-order valence-corrected chi connectivity index (χ0v) is 12.8. The second-order valence-electron chi connectivity index (χ2n) is 4.45. The topological polar surface area (TPSA) is 24.9 Å². The first-order valence-electron chi connectivity index (χ1n) is 6.07. The Kier molecular flexibility index (Phi) is 3.53. The van der Waals surface area contributed by atoms with E-state index in [0.29, 0.717) is 0 Å². The minimum Gasteiger partial charge on any atom is -0.378 e. The number of anilines is 1. The summed E-state index contributed by atoms with van der Waals surface area (Å²) in [4.78, 5) is 4.48. The molecule has 0 fully saturated rings. The lowest BCUT2D eigenvalue weighted by Crippen LogP contribution is -2.06. The van der Waals surface area contributed by atoms with Gasteiger partial charge in [-0.15, -0.1) is 11.3 Å². The van der Waals surface area contributed by atoms with Crippen LogP contribution in [-0.2, 0) is 0 Å². The van der Waals surface area contributed by atoms with Gasteiger partial charge in [0.05, 0.1) is 16.3 Å². The molecule has 0 spiro atoms. The lowest BCUT2D eigenvalue weighted by molar-refractivity contribution is 0.880. The van der Waals surface area contributed by atoms with E-state index in [-0.39, 0.29) is 6.04 Å². The summed E-state index contributed by atoms with van der Waals surface area (Å²) in [5, 5.41) is 5.56. The summed E-state index contributed by atoms with van der Waals surface area (Å²) in [6, 6.07) is 12.7. The van der Waals surface area contributed by atoms with Crippen LogP contribution in [0.4, 0.5) is 5.69 Å². The van der Waals surface area contributed by atoms with Crippen LogP contribution in [0.2, 0.25) is 0 Å². The Morgan fingerprint density at radius 3 is 2.79 bits per heavy atom. The molecule has 19 heavy (non-hydrogen) atoms. The monoisotopic (exact) mass is 332 g/mol. The maximum absolute atomic E-state index is 4.48. The Bertz CT molecular complexity index is 691. The second-order valence-corrected chi connectivity index (χ2v) is 6.31. The number of hydrogen-bond acceptors (Lipinski definition) is 3. The molecular weight excluding hydrogens is 320 g/mol. The fourth-order valence-electron chi connectivity index (χ4n) is 1.98. The smallest absolute Gasteiger partial charge is 0.0809 e. The molecule has 1 atom stereocenters. The molecule has 2 nitrogen and oxygen atoms in total. The van der Waals surface area contributed by atoms with Crippen molar-refractivity contribution in [2.75, 3.05) is 5.32 Å². The maximum atomic E-state index is 4.48. The molecule has 0 aliphatic heterocycles. The van der Waals surface area contributed by atoms with Crippen LogP contribution in [0, 0.1) is 0 Å². The summed E-state index contributed by atoms with van der Waals surface area (Å²) < 4.78 is 2.33. The van der Waals surface area contributed by atoms with Crippen LogP contribution in [0.15, 0.2) is 52.4 Å². The highest BCUT2D eigenvalue weighted by Crippen LogP contribution is 2.25. The van der Waals surface area contributed by atoms with Gasteiger partial charge in [0.15, 0.2) is 0 Å². The average molecular weight is 333 g/mol. The molecule has 0 radical (unpaired) electrons. The predicted molar refractivity (Wildman–Crippen MR) is 85.8 cm³/mol. The molecule has 4 heteroatoms. The van der Waals surface area contributed by atoms with E-state index < -0.39 is 0 Å². The van der Waals surface area contributed by atoms with E-state index in [1.165, 1.54) is 10.3 Å². The van der Waals surface area contributed by atoms with Gasteiger partial charge in [0.2, 0.25) is 0 Å². The molecule has 96 valence electrons. The normalized spacial score (nSPS) is 12.5. The zero-order chi connectivity index (χ0) is 13.2. The third-order valence-corrected chi connectivity index (χ3v) is 4.43. The molecule has 0 saturated carbocycles. The first-order chi connectivity index (χ1) is 9.22. The van der Waals surface area contributed by atoms with Gasteiger partial charge in [0.1, 0.15) is 0 Å². The van der Waals surface area contributed by atoms with Gasteiger partial charge >= 0.3 is 0 Å². The quantitative estimate of drug-likeness (QED) is 0.710. The van der Waals surface area contributed by atoms with Crippen molar-refractivity contribution in [3.63, 3.8) is 0 Å². The van der Waals surface area contributed by atoms with Crippen LogP contribution in [0.5, 0.6) is 0 Å². The van der Waals surface area contributed by atoms with E-state index in [2.05, 4.69) is 62.8 Å². The Hall–Kier alpha value is -1.39. The van der Waals surface area contributed by atoms with Crippen molar-refractivity contribution in [2.24, 2.45) is 0 Å². The number of nitrogens with one attached hydrogen (secondary N) is 1. The number of hydrogen-bond donors (Lipinski definition) is 1. The highest BCUT2D eigenvalue weighted by Gasteiger charge is 2.07. The standard InChI is InChI=1S/C15H13BrN2S/c1-10(18-13-4-2-12(16)3-5-13)11-8-15-14(17-9-11)6-7-19-15/h2-10,18H,1H3. The number of benzene rings is 1. The van der Waals surface area contributed by atoms with Crippen LogP contribution >= 0.6 is 27.3 Å². The van der Waals surface area contributed by atoms with Gasteiger partial charge < -0.3 is 5.32 Å². The van der Waals surface area contributed by atoms with Crippen LogP contribution < -0.4 is 5.32 Å². The van der Waals surface area contributed by atoms with Gasteiger partial charge in [-0.25, -0.2) is 0 Å². The molecule has 3 rings (SSSR count). The molecule has 1 N–H and O–H groups in total. The Morgan fingerprint density at radius 1 is 1.21 bits per heavy atom. The van der Waals surface area contributed by atoms with Crippen LogP contribution in [0.25, 0.3) is 10.2 Å². The number of nitrogens with zero attached hydrogens (tertiary/aromatic N) is 1. The number of halogens is 1. The van der Waals surface area contributed by atoms with Gasteiger partial charge in [-0.3, -0.25) is 4.98 Å². The summed E-state index contributed by atoms with van der Waals surface area (Å²) in [6.07, 6.45) is 1.95. The van der Waals surface area contributed by atoms with Gasteiger partial charge in [0, 0.05) is 16.4 Å². The second kappa shape index (κ2) is 5.31. The highest BCUT2D eigenvalue weighted by atomic mass is 79.9. The van der Waals surface area contributed by atoms with E-state index in [1.54, 1.807) is 11.3 Å². The van der Waals surface area contributed by atoms with Crippen molar-refractivity contribution in [1.29, 1.82) is 0 Å². The number of pyridine rings is 1. The molecule has 0 bridgehead atoms. The van der Waals surface area contributed by atoms with Crippen molar-refractivity contribution in [3.05, 3.63) is 58.0 Å². The summed E-state index contributed by atoms with van der Waals surface area (Å²) in [6.45, 7) is 2.15. The lowest BCUT2D eigenvalue weighted by Gasteiger charge is -2.15. The van der Waals surface area contributed by atoms with Gasteiger partial charge in [0.25, 0.3) is 0 Å². The van der Waals surface area contributed by atoms with E-state index in [4.69, 9.17) is 0 Å². The third kappa shape index (κ3) is 2.80. The van der Waals surface area contributed by atoms with E-state index in [1.807, 2.05) is 18.3 Å². The molecule has 0 saturated heterocycles. The van der Waals surface area contributed by atoms with Gasteiger partial charge in [-0.1, -0.05) is 15.9 Å². The molecular formula is C15H13BrN2S. The zero-order valence-electron chi connectivity index (χ0n) is 10.4. The van der Waals surface area contributed by atoms with Crippen molar-refractivity contribution in [2.45, 2.75) is 13.0 Å². The minimum absolute atomic E-state index is 0.236. The molecule has 0 amide bonds. The summed E-state index contributed by atoms with van der Waals surface area (Å²) in [7, 11) is 0. The molecule has 2 aromatic heterocycles. The number of fused-ring (bicyclic) bond motifs is 1. The van der Waals surface area contributed by atoms with Crippen molar-refractivity contribution < 1.29 is 0 Å². The summed E-state index contributed by atoms with van der Waals surface area (Å²) in [5.41, 5.74) is 3.39. The SMILES string of the molecule is CC(Nc1ccc(Br)cc1)c1cnc2ccsc2c1. The van der Waals surface area contributed by atoms with Gasteiger partial charge in [-0.2, -0.15) is 0 Å². The Balaban J connectivity index is 1.82.